The van der Waals surface area contributed by atoms with Crippen LogP contribution in [0, 0.1) is 0 Å². The summed E-state index contributed by atoms with van der Waals surface area (Å²) in [7, 11) is 0. The Bertz CT molecular complexity index is 49.7. The Balaban J connectivity index is 0. The molecule has 4 nitrogen and oxygen atoms in total. The van der Waals surface area contributed by atoms with Crippen molar-refractivity contribution in [2.45, 2.75) is 6.16 Å². The van der Waals surface area contributed by atoms with Crippen molar-refractivity contribution < 1.29 is 20.0 Å². The number of hydrogen-bond acceptors (Lipinski definition) is 4. The van der Waals surface area contributed by atoms with Crippen LogP contribution in [0.2, 0.25) is 0 Å². The first kappa shape index (κ1) is 11.4. The van der Waals surface area contributed by atoms with E-state index in [1.807, 2.05) is 0 Å². The van der Waals surface area contributed by atoms with E-state index in [1.54, 1.807) is 0 Å². The number of rotatable bonds is 0. The van der Waals surface area contributed by atoms with Gasteiger partial charge in [-0.15, -0.1) is 9.78 Å². The van der Waals surface area contributed by atoms with Crippen molar-refractivity contribution in [1.82, 2.24) is 0 Å². The van der Waals surface area contributed by atoms with Crippen LogP contribution in [0.15, 0.2) is 0 Å². The Morgan fingerprint density at radius 3 is 1.29 bits per heavy atom. The van der Waals surface area contributed by atoms with E-state index in [1.165, 1.54) is 0 Å². The first-order chi connectivity index (χ1) is 2.21. The predicted octanol–water partition coefficient (Wildman–Crippen LogP) is -3.02. The molecule has 0 spiro atoms. The molecule has 0 aromatic rings. The summed E-state index contributed by atoms with van der Waals surface area (Å²) in [6, 6.07) is 0. The first-order valence-electron chi connectivity index (χ1n) is 1.02. The van der Waals surface area contributed by atoms with Gasteiger partial charge < -0.3 is 10.2 Å². The third kappa shape index (κ3) is 5.48. The molecular weight excluding hydrogens is 123 g/mol. The summed E-state index contributed by atoms with van der Waals surface area (Å²) < 4.78 is 0. The van der Waals surface area contributed by atoms with Crippen molar-refractivity contribution in [2.24, 2.45) is 0 Å². The Hall–Kier alpha value is 1.61. The standard InChI is InChI=1S/CH2O4.Mg.Na.3H/c2-1(3)4-5-1;;;;;/h2-3H;;;;;. The van der Waals surface area contributed by atoms with Crippen LogP contribution in [0.25, 0.3) is 0 Å². The molecule has 0 radical (unpaired) electrons. The molecule has 1 aliphatic heterocycles. The van der Waals surface area contributed by atoms with Gasteiger partial charge in [-0.2, -0.15) is 0 Å². The number of hydrogen-bond donors (Lipinski definition) is 2. The molecule has 1 fully saturated rings. The second kappa shape index (κ2) is 3.60. The second-order valence-corrected chi connectivity index (χ2v) is 0.715. The van der Waals surface area contributed by atoms with Crippen LogP contribution in [0.1, 0.15) is 0 Å². The Labute approximate surface area is 78.2 Å². The summed E-state index contributed by atoms with van der Waals surface area (Å²) in [4.78, 5) is 7.01. The Morgan fingerprint density at radius 2 is 1.29 bits per heavy atom. The molecule has 2 N–H and O–H groups in total. The molecule has 0 bridgehead atoms. The molecule has 1 saturated heterocycles. The Kier molecular flexibility index (Phi) is 5.86. The Morgan fingerprint density at radius 1 is 1.14 bits per heavy atom. The molecule has 36 valence electrons. The van der Waals surface area contributed by atoms with Gasteiger partial charge in [0.1, 0.15) is 0 Å². The number of aliphatic hydroxyl groups is 2. The van der Waals surface area contributed by atoms with Crippen LogP contribution in [0.4, 0.5) is 0 Å². The van der Waals surface area contributed by atoms with Gasteiger partial charge in [0.15, 0.2) is 0 Å². The van der Waals surface area contributed by atoms with Gasteiger partial charge in [-0.25, -0.2) is 0 Å². The van der Waals surface area contributed by atoms with E-state index in [0.717, 1.165) is 0 Å². The van der Waals surface area contributed by atoms with Gasteiger partial charge in [0.25, 0.3) is 0 Å². The molecule has 0 unspecified atom stereocenters. The third-order valence-electron chi connectivity index (χ3n) is 0.232. The van der Waals surface area contributed by atoms with Crippen LogP contribution in [-0.2, 0) is 9.78 Å². The second-order valence-electron chi connectivity index (χ2n) is 0.715. The van der Waals surface area contributed by atoms with Crippen LogP contribution in [0.5, 0.6) is 0 Å². The van der Waals surface area contributed by atoms with Crippen LogP contribution >= 0.6 is 0 Å². The van der Waals surface area contributed by atoms with Gasteiger partial charge in [-0.3, -0.25) is 0 Å². The molecule has 1 aliphatic rings. The zero-order chi connectivity index (χ0) is 3.91. The first-order valence-corrected chi connectivity index (χ1v) is 1.02. The maximum atomic E-state index is 7.74. The van der Waals surface area contributed by atoms with Crippen LogP contribution in [-0.4, -0.2) is 69.0 Å². The van der Waals surface area contributed by atoms with Gasteiger partial charge in [0.05, 0.1) is 0 Å². The molecule has 6 heteroatoms. The van der Waals surface area contributed by atoms with Crippen molar-refractivity contribution in [3.8, 4) is 0 Å². The molecule has 0 atom stereocenters. The van der Waals surface area contributed by atoms with Crippen molar-refractivity contribution in [1.29, 1.82) is 0 Å². The van der Waals surface area contributed by atoms with Crippen molar-refractivity contribution in [3.63, 3.8) is 0 Å². The van der Waals surface area contributed by atoms with Gasteiger partial charge in [0.2, 0.25) is 0 Å². The molecule has 0 aliphatic carbocycles. The molecule has 0 amide bonds. The summed E-state index contributed by atoms with van der Waals surface area (Å²) in [6.07, 6.45) is -2.25. The zero-order valence-electron chi connectivity index (χ0n) is 2.21. The average molecular weight is 128 g/mol. The summed E-state index contributed by atoms with van der Waals surface area (Å²) in [5.41, 5.74) is 0. The van der Waals surface area contributed by atoms with E-state index in [9.17, 15) is 0 Å². The zero-order valence-corrected chi connectivity index (χ0v) is 2.21. The normalized spacial score (nSPS) is 21.4. The van der Waals surface area contributed by atoms with Crippen LogP contribution < -0.4 is 0 Å². The molecular formula is CH5MgNaO4. The van der Waals surface area contributed by atoms with E-state index in [2.05, 4.69) is 9.78 Å². The van der Waals surface area contributed by atoms with Crippen molar-refractivity contribution in [2.75, 3.05) is 0 Å². The maximum absolute atomic E-state index is 7.74. The predicted molar refractivity (Wildman–Crippen MR) is 25.0 cm³/mol. The van der Waals surface area contributed by atoms with Crippen LogP contribution in [0.3, 0.4) is 0 Å². The van der Waals surface area contributed by atoms with Gasteiger partial charge in [-0.05, 0) is 0 Å². The van der Waals surface area contributed by atoms with E-state index >= 15 is 0 Å². The summed E-state index contributed by atoms with van der Waals surface area (Å²) in [5, 5.41) is 15.5. The van der Waals surface area contributed by atoms with E-state index in [-0.39, 0.29) is 52.6 Å². The quantitative estimate of drug-likeness (QED) is 0.158. The minimum atomic E-state index is -2.25. The summed E-state index contributed by atoms with van der Waals surface area (Å²) in [5.74, 6) is 0. The molecule has 0 aromatic heterocycles. The topological polar surface area (TPSA) is 65.5 Å². The van der Waals surface area contributed by atoms with Crippen molar-refractivity contribution >= 4 is 52.6 Å². The fraction of sp³-hybridized carbons (Fsp3) is 1.00. The minimum absolute atomic E-state index is 0. The fourth-order valence-corrected chi connectivity index (χ4v) is 0.0373. The third-order valence-corrected chi connectivity index (χ3v) is 0.232. The van der Waals surface area contributed by atoms with Crippen molar-refractivity contribution in [3.05, 3.63) is 0 Å². The fourth-order valence-electron chi connectivity index (χ4n) is 0.0373. The van der Waals surface area contributed by atoms with Gasteiger partial charge in [0, 0.05) is 0 Å². The molecule has 0 saturated carbocycles. The summed E-state index contributed by atoms with van der Waals surface area (Å²) >= 11 is 0. The van der Waals surface area contributed by atoms with E-state index in [4.69, 9.17) is 10.2 Å². The summed E-state index contributed by atoms with van der Waals surface area (Å²) in [6.45, 7) is 0. The SMILES string of the molecule is OC1(O)OO1.[MgH2].[NaH]. The average Bonchev–Trinajstić information content (AvgIpc) is 1.76. The molecule has 1 heterocycles. The van der Waals surface area contributed by atoms with E-state index in [0.29, 0.717) is 0 Å². The molecule has 0 aromatic carbocycles. The van der Waals surface area contributed by atoms with Gasteiger partial charge in [-0.1, -0.05) is 0 Å². The van der Waals surface area contributed by atoms with Gasteiger partial charge >= 0.3 is 58.8 Å². The monoisotopic (exact) mass is 128 g/mol. The molecule has 7 heavy (non-hydrogen) atoms. The van der Waals surface area contributed by atoms with E-state index < -0.39 is 6.16 Å². The molecule has 1 rings (SSSR count).